The molecule has 0 spiro atoms. The number of pyridine rings is 1. The first-order chi connectivity index (χ1) is 14.9. The van der Waals surface area contributed by atoms with Crippen LogP contribution in [0.25, 0.3) is 37.6 Å². The van der Waals surface area contributed by atoms with Crippen LogP contribution in [0.15, 0.2) is 42.6 Å². The molecule has 0 saturated carbocycles. The highest BCUT2D eigenvalue weighted by Crippen LogP contribution is 2.52. The zero-order chi connectivity index (χ0) is 21.5. The first kappa shape index (κ1) is 18.4. The van der Waals surface area contributed by atoms with Crippen molar-refractivity contribution in [3.05, 3.63) is 76.3 Å². The third kappa shape index (κ3) is 2.48. The van der Waals surface area contributed by atoms with E-state index in [1.165, 1.54) is 49.5 Å². The second kappa shape index (κ2) is 6.08. The lowest BCUT2D eigenvalue weighted by Gasteiger charge is -2.24. The van der Waals surface area contributed by atoms with Crippen molar-refractivity contribution in [1.82, 2.24) is 0 Å². The van der Waals surface area contributed by atoms with Gasteiger partial charge in [-0.2, -0.15) is 0 Å². The first-order valence-corrected chi connectivity index (χ1v) is 11.0. The molecule has 0 unspecified atom stereocenters. The Labute approximate surface area is 182 Å². The Morgan fingerprint density at radius 1 is 1.13 bits per heavy atom. The van der Waals surface area contributed by atoms with Crippen molar-refractivity contribution in [2.45, 2.75) is 45.6 Å². The van der Waals surface area contributed by atoms with E-state index in [0.29, 0.717) is 6.42 Å². The molecule has 3 heteroatoms. The zero-order valence-electron chi connectivity index (χ0n) is 18.5. The van der Waals surface area contributed by atoms with Crippen molar-refractivity contribution >= 4 is 21.5 Å². The summed E-state index contributed by atoms with van der Waals surface area (Å²) in [5.74, 6) is 1.96. The lowest BCUT2D eigenvalue weighted by molar-refractivity contribution is -0.659. The molecule has 1 aliphatic heterocycles. The van der Waals surface area contributed by atoms with Crippen molar-refractivity contribution in [2.24, 2.45) is 7.05 Å². The summed E-state index contributed by atoms with van der Waals surface area (Å²) < 4.78 is 8.98. The summed E-state index contributed by atoms with van der Waals surface area (Å²) in [5, 5.41) is 5.09. The van der Waals surface area contributed by atoms with Crippen molar-refractivity contribution < 1.29 is 9.30 Å². The summed E-state index contributed by atoms with van der Waals surface area (Å²) >= 11 is 0. The van der Waals surface area contributed by atoms with Crippen molar-refractivity contribution in [3.8, 4) is 22.8 Å². The normalized spacial score (nSPS) is 13.9. The van der Waals surface area contributed by atoms with Crippen LogP contribution in [-0.2, 0) is 26.3 Å². The van der Waals surface area contributed by atoms with E-state index in [-0.39, 0.29) is 0 Å². The summed E-state index contributed by atoms with van der Waals surface area (Å²) in [6.45, 7) is 13.8. The summed E-state index contributed by atoms with van der Waals surface area (Å²) in [5.41, 5.74) is 7.27. The molecule has 2 aliphatic rings. The van der Waals surface area contributed by atoms with Crippen molar-refractivity contribution in [1.29, 1.82) is 0 Å². The van der Waals surface area contributed by atoms with Gasteiger partial charge in [-0.05, 0) is 58.7 Å². The maximum atomic E-state index is 7.54. The molecule has 0 amide bonds. The number of aromatic nitrogens is 1. The molecule has 0 radical (unpaired) electrons. The predicted molar refractivity (Wildman–Crippen MR) is 125 cm³/mol. The van der Waals surface area contributed by atoms with Gasteiger partial charge in [-0.1, -0.05) is 24.3 Å². The van der Waals surface area contributed by atoms with Crippen LogP contribution in [0.1, 0.15) is 36.1 Å². The largest absolute Gasteiger partial charge is 0.455 e. The van der Waals surface area contributed by atoms with E-state index in [1.54, 1.807) is 0 Å². The molecule has 3 aromatic carbocycles. The number of rotatable bonds is 2. The fourth-order valence-electron chi connectivity index (χ4n) is 5.60. The molecule has 4 aromatic rings. The molecule has 0 fully saturated rings. The third-order valence-electron chi connectivity index (χ3n) is 7.02. The number of hydrogen-bond acceptors (Lipinski definition) is 1. The Kier molecular flexibility index (Phi) is 3.61. The van der Waals surface area contributed by atoms with Crippen LogP contribution in [0.2, 0.25) is 0 Å². The predicted octanol–water partition coefficient (Wildman–Crippen LogP) is 6.24. The van der Waals surface area contributed by atoms with Gasteiger partial charge in [-0.15, -0.1) is 0 Å². The van der Waals surface area contributed by atoms with Gasteiger partial charge in [0.05, 0.1) is 17.4 Å². The fraction of sp³-hybridized carbons (Fsp3) is 0.286. The van der Waals surface area contributed by atoms with Crippen LogP contribution in [0.5, 0.6) is 11.5 Å². The minimum atomic E-state index is -0.426. The van der Waals surface area contributed by atoms with Gasteiger partial charge in [0.2, 0.25) is 11.2 Å². The van der Waals surface area contributed by atoms with Crippen LogP contribution >= 0.6 is 0 Å². The molecule has 31 heavy (non-hydrogen) atoms. The minimum absolute atomic E-state index is 0.426. The fourth-order valence-corrected chi connectivity index (χ4v) is 5.60. The molecule has 2 heterocycles. The average molecular weight is 406 g/mol. The van der Waals surface area contributed by atoms with E-state index in [1.807, 2.05) is 13.8 Å². The first-order valence-electron chi connectivity index (χ1n) is 11.0. The molecule has 1 aliphatic carbocycles. The molecule has 0 N–H and O–H groups in total. The van der Waals surface area contributed by atoms with Gasteiger partial charge in [-0.25, -0.2) is 11.1 Å². The standard InChI is InChI=1S/C28H25N2O/c1-16-20-8-6-7-18-9-10-21(24(18)20)27-23(16)26-25-19(11-12-30(26)5)13-17(14-22(25)31-27)15-28(2,3)29-4/h6-8,11-14H,9-10,15H2,1-3,5H3/q+1. The van der Waals surface area contributed by atoms with E-state index in [9.17, 15) is 0 Å². The highest BCUT2D eigenvalue weighted by atomic mass is 16.5. The lowest BCUT2D eigenvalue weighted by atomic mass is 9.88. The highest BCUT2D eigenvalue weighted by Gasteiger charge is 2.35. The van der Waals surface area contributed by atoms with Gasteiger partial charge in [0.1, 0.15) is 18.5 Å². The van der Waals surface area contributed by atoms with Crippen LogP contribution < -0.4 is 9.30 Å². The lowest BCUT2D eigenvalue weighted by Crippen LogP contribution is -2.32. The molecule has 0 bridgehead atoms. The number of aryl methyl sites for hydroxylation is 4. The van der Waals surface area contributed by atoms with Gasteiger partial charge in [0, 0.05) is 25.5 Å². The van der Waals surface area contributed by atoms with Gasteiger partial charge >= 0.3 is 0 Å². The van der Waals surface area contributed by atoms with E-state index in [0.717, 1.165) is 29.9 Å². The van der Waals surface area contributed by atoms with Crippen LogP contribution in [0.3, 0.4) is 0 Å². The molecule has 152 valence electrons. The van der Waals surface area contributed by atoms with Crippen molar-refractivity contribution in [2.75, 3.05) is 0 Å². The summed E-state index contributed by atoms with van der Waals surface area (Å²) in [7, 11) is 2.13. The second-order valence-electron chi connectivity index (χ2n) is 9.68. The second-order valence-corrected chi connectivity index (χ2v) is 9.68. The Hall–Kier alpha value is -3.38. The van der Waals surface area contributed by atoms with Gasteiger partial charge in [0.25, 0.3) is 0 Å². The van der Waals surface area contributed by atoms with Crippen LogP contribution in [-0.4, -0.2) is 5.54 Å². The van der Waals surface area contributed by atoms with Gasteiger partial charge < -0.3 is 9.58 Å². The Morgan fingerprint density at radius 2 is 1.97 bits per heavy atom. The maximum absolute atomic E-state index is 7.54. The SMILES string of the molecule is [C-]#[N+]C(C)(C)Cc1cc2c3c([n+](C)ccc3c1)-c1c(c3c4c(cccc4c1C)CC3)O2. The molecular formula is C28H25N2O+. The number of fused-ring (bicyclic) bond motifs is 3. The van der Waals surface area contributed by atoms with E-state index >= 15 is 0 Å². The average Bonchev–Trinajstić information content (AvgIpc) is 3.18. The number of hydrogen-bond donors (Lipinski definition) is 0. The number of benzene rings is 3. The zero-order valence-corrected chi connectivity index (χ0v) is 18.5. The highest BCUT2D eigenvalue weighted by molar-refractivity contribution is 6.07. The van der Waals surface area contributed by atoms with Crippen LogP contribution in [0, 0.1) is 13.5 Å². The van der Waals surface area contributed by atoms with Crippen molar-refractivity contribution in [3.63, 3.8) is 0 Å². The third-order valence-corrected chi connectivity index (χ3v) is 7.02. The Morgan fingerprint density at radius 3 is 2.77 bits per heavy atom. The van der Waals surface area contributed by atoms with Gasteiger partial charge in [-0.3, -0.25) is 0 Å². The molecule has 0 atom stereocenters. The van der Waals surface area contributed by atoms with E-state index < -0.39 is 5.54 Å². The molecule has 0 saturated heterocycles. The smallest absolute Gasteiger partial charge is 0.231 e. The topological polar surface area (TPSA) is 17.5 Å². The molecule has 1 aromatic heterocycles. The Bertz CT molecular complexity index is 1490. The summed E-state index contributed by atoms with van der Waals surface area (Å²) in [6, 6.07) is 13.3. The quantitative estimate of drug-likeness (QED) is 0.251. The number of ether oxygens (including phenoxy) is 1. The number of nitrogens with zero attached hydrogens (tertiary/aromatic N) is 2. The molecule has 3 nitrogen and oxygen atoms in total. The maximum Gasteiger partial charge on any atom is 0.231 e. The summed E-state index contributed by atoms with van der Waals surface area (Å²) in [4.78, 5) is 3.82. The molecule has 6 rings (SSSR count). The van der Waals surface area contributed by atoms with Gasteiger partial charge in [0.15, 0.2) is 6.20 Å². The monoisotopic (exact) mass is 405 g/mol. The van der Waals surface area contributed by atoms with E-state index in [2.05, 4.69) is 66.0 Å². The van der Waals surface area contributed by atoms with Crippen LogP contribution in [0.4, 0.5) is 0 Å². The van der Waals surface area contributed by atoms with E-state index in [4.69, 9.17) is 11.3 Å². The molecular weight excluding hydrogens is 380 g/mol. The summed E-state index contributed by atoms with van der Waals surface area (Å²) in [6.07, 6.45) is 4.96. The minimum Gasteiger partial charge on any atom is -0.455 e. The Balaban J connectivity index is 1.70.